The van der Waals surface area contributed by atoms with Gasteiger partial charge < -0.3 is 4.90 Å². The van der Waals surface area contributed by atoms with Gasteiger partial charge in [0.25, 0.3) is 11.7 Å². The van der Waals surface area contributed by atoms with Crippen molar-refractivity contribution in [3.05, 3.63) is 29.8 Å². The first-order chi connectivity index (χ1) is 7.66. The first kappa shape index (κ1) is 11.4. The molecule has 0 spiro atoms. The molecule has 1 amide bonds. The van der Waals surface area contributed by atoms with E-state index < -0.39 is 5.76 Å². The maximum Gasteiger partial charge on any atom is 0.288 e. The molecule has 1 fully saturated rings. The highest BCUT2D eigenvalue weighted by Crippen LogP contribution is 2.25. The number of alkyl halides is 2. The highest BCUT2D eigenvalue weighted by atomic mass is 32.2. The van der Waals surface area contributed by atoms with Crippen LogP contribution in [0.4, 0.5) is 8.78 Å². The molecule has 1 aliphatic heterocycles. The third-order valence-electron chi connectivity index (χ3n) is 2.47. The van der Waals surface area contributed by atoms with Crippen molar-refractivity contribution < 1.29 is 13.6 Å². The lowest BCUT2D eigenvalue weighted by atomic mass is 10.1. The summed E-state index contributed by atoms with van der Waals surface area (Å²) in [5.41, 5.74) is 0.568. The molecule has 0 aliphatic carbocycles. The van der Waals surface area contributed by atoms with Crippen LogP contribution in [0.1, 0.15) is 16.8 Å². The summed E-state index contributed by atoms with van der Waals surface area (Å²) in [6.07, 6.45) is 1.05. The molecule has 1 saturated heterocycles. The highest BCUT2D eigenvalue weighted by molar-refractivity contribution is 7.99. The molecule has 1 aromatic rings. The minimum Gasteiger partial charge on any atom is -0.339 e. The molecule has 2 rings (SSSR count). The summed E-state index contributed by atoms with van der Waals surface area (Å²) < 4.78 is 24.1. The fourth-order valence-corrected chi connectivity index (χ4v) is 1.98. The fourth-order valence-electron chi connectivity index (χ4n) is 1.48. The predicted molar refractivity (Wildman–Crippen MR) is 58.8 cm³/mol. The van der Waals surface area contributed by atoms with Gasteiger partial charge in [0, 0.05) is 23.5 Å². The fraction of sp³-hybridized carbons (Fsp3) is 0.364. The van der Waals surface area contributed by atoms with E-state index in [1.54, 1.807) is 29.2 Å². The van der Waals surface area contributed by atoms with Gasteiger partial charge >= 0.3 is 0 Å². The Bertz CT molecular complexity index is 376. The van der Waals surface area contributed by atoms with Crippen LogP contribution in [0.2, 0.25) is 0 Å². The SMILES string of the molecule is O=C(c1ccc(SC(F)F)cc1)N1CCC1. The maximum atomic E-state index is 12.1. The zero-order valence-corrected chi connectivity index (χ0v) is 9.34. The number of carbonyl (C=O) groups is 1. The van der Waals surface area contributed by atoms with Crippen LogP contribution in [0.5, 0.6) is 0 Å². The van der Waals surface area contributed by atoms with E-state index in [0.29, 0.717) is 22.2 Å². The number of hydrogen-bond acceptors (Lipinski definition) is 2. The molecule has 1 aromatic carbocycles. The molecule has 0 atom stereocenters. The number of nitrogens with zero attached hydrogens (tertiary/aromatic N) is 1. The molecule has 0 N–H and O–H groups in total. The standard InChI is InChI=1S/C11H11F2NOS/c12-11(13)16-9-4-2-8(3-5-9)10(15)14-6-1-7-14/h2-5,11H,1,6-7H2. The predicted octanol–water partition coefficient (Wildman–Crippen LogP) is 2.85. The molecule has 0 unspecified atom stereocenters. The molecule has 0 radical (unpaired) electrons. The smallest absolute Gasteiger partial charge is 0.288 e. The van der Waals surface area contributed by atoms with Gasteiger partial charge in [-0.25, -0.2) is 0 Å². The van der Waals surface area contributed by atoms with Gasteiger partial charge in [0.2, 0.25) is 0 Å². The van der Waals surface area contributed by atoms with Crippen molar-refractivity contribution in [3.8, 4) is 0 Å². The number of carbonyl (C=O) groups excluding carboxylic acids is 1. The van der Waals surface area contributed by atoms with Gasteiger partial charge in [-0.15, -0.1) is 0 Å². The van der Waals surface area contributed by atoms with Crippen molar-refractivity contribution in [2.24, 2.45) is 0 Å². The number of halogens is 2. The average Bonchev–Trinajstić information content (AvgIpc) is 2.15. The zero-order chi connectivity index (χ0) is 11.5. The normalized spacial score (nSPS) is 15.1. The van der Waals surface area contributed by atoms with Crippen LogP contribution in [0.15, 0.2) is 29.2 Å². The minimum absolute atomic E-state index is 0.0140. The van der Waals surface area contributed by atoms with E-state index in [-0.39, 0.29) is 5.91 Å². The highest BCUT2D eigenvalue weighted by Gasteiger charge is 2.21. The number of likely N-dealkylation sites (tertiary alicyclic amines) is 1. The molecule has 1 heterocycles. The lowest BCUT2D eigenvalue weighted by molar-refractivity contribution is 0.0652. The van der Waals surface area contributed by atoms with E-state index in [4.69, 9.17) is 0 Å². The second-order valence-electron chi connectivity index (χ2n) is 3.55. The Morgan fingerprint density at radius 1 is 1.25 bits per heavy atom. The number of benzene rings is 1. The first-order valence-electron chi connectivity index (χ1n) is 5.01. The minimum atomic E-state index is -2.42. The molecule has 0 aromatic heterocycles. The van der Waals surface area contributed by atoms with Gasteiger partial charge in [0.15, 0.2) is 0 Å². The van der Waals surface area contributed by atoms with E-state index in [9.17, 15) is 13.6 Å². The largest absolute Gasteiger partial charge is 0.339 e. The monoisotopic (exact) mass is 243 g/mol. The lowest BCUT2D eigenvalue weighted by Crippen LogP contribution is -2.41. The molecule has 16 heavy (non-hydrogen) atoms. The van der Waals surface area contributed by atoms with Gasteiger partial charge in [-0.05, 0) is 30.7 Å². The Kier molecular flexibility index (Phi) is 3.43. The Morgan fingerprint density at radius 3 is 2.31 bits per heavy atom. The third kappa shape index (κ3) is 2.52. The van der Waals surface area contributed by atoms with Gasteiger partial charge in [0.05, 0.1) is 0 Å². The average molecular weight is 243 g/mol. The summed E-state index contributed by atoms with van der Waals surface area (Å²) in [7, 11) is 0. The Balaban J connectivity index is 2.03. The van der Waals surface area contributed by atoms with Crippen molar-refractivity contribution in [2.75, 3.05) is 13.1 Å². The van der Waals surface area contributed by atoms with E-state index >= 15 is 0 Å². The van der Waals surface area contributed by atoms with E-state index in [2.05, 4.69) is 0 Å². The van der Waals surface area contributed by atoms with Crippen LogP contribution in [-0.2, 0) is 0 Å². The van der Waals surface area contributed by atoms with Crippen molar-refractivity contribution >= 4 is 17.7 Å². The summed E-state index contributed by atoms with van der Waals surface area (Å²) in [5.74, 6) is -2.43. The molecule has 0 saturated carbocycles. The van der Waals surface area contributed by atoms with Crippen LogP contribution in [0.25, 0.3) is 0 Å². The Morgan fingerprint density at radius 2 is 1.88 bits per heavy atom. The summed E-state index contributed by atoms with van der Waals surface area (Å²) in [4.78, 5) is 14.0. The van der Waals surface area contributed by atoms with E-state index in [0.717, 1.165) is 19.5 Å². The summed E-state index contributed by atoms with van der Waals surface area (Å²) in [6, 6.07) is 6.32. The molecular formula is C11H11F2NOS. The molecular weight excluding hydrogens is 232 g/mol. The molecule has 86 valence electrons. The third-order valence-corrected chi connectivity index (χ3v) is 3.19. The van der Waals surface area contributed by atoms with Gasteiger partial charge in [-0.1, -0.05) is 11.8 Å². The second kappa shape index (κ2) is 4.82. The molecule has 2 nitrogen and oxygen atoms in total. The lowest BCUT2D eigenvalue weighted by Gasteiger charge is -2.30. The first-order valence-corrected chi connectivity index (χ1v) is 5.89. The van der Waals surface area contributed by atoms with Crippen molar-refractivity contribution in [2.45, 2.75) is 17.1 Å². The number of amides is 1. The van der Waals surface area contributed by atoms with Crippen LogP contribution < -0.4 is 0 Å². The summed E-state index contributed by atoms with van der Waals surface area (Å²) in [6.45, 7) is 1.60. The van der Waals surface area contributed by atoms with Crippen LogP contribution >= 0.6 is 11.8 Å². The van der Waals surface area contributed by atoms with Crippen LogP contribution in [0.3, 0.4) is 0 Å². The summed E-state index contributed by atoms with van der Waals surface area (Å²) >= 11 is 0.489. The zero-order valence-electron chi connectivity index (χ0n) is 8.53. The summed E-state index contributed by atoms with van der Waals surface area (Å²) in [5, 5.41) is 0. The maximum absolute atomic E-state index is 12.1. The van der Waals surface area contributed by atoms with Crippen LogP contribution in [-0.4, -0.2) is 29.7 Å². The Hall–Kier alpha value is -1.10. The van der Waals surface area contributed by atoms with Gasteiger partial charge in [-0.2, -0.15) is 8.78 Å². The Labute approximate surface area is 96.6 Å². The van der Waals surface area contributed by atoms with E-state index in [1.165, 1.54) is 0 Å². The van der Waals surface area contributed by atoms with Crippen LogP contribution in [0, 0.1) is 0 Å². The molecule has 0 bridgehead atoms. The van der Waals surface area contributed by atoms with E-state index in [1.807, 2.05) is 0 Å². The molecule has 5 heteroatoms. The van der Waals surface area contributed by atoms with Gasteiger partial charge in [0.1, 0.15) is 0 Å². The van der Waals surface area contributed by atoms with Crippen molar-refractivity contribution in [3.63, 3.8) is 0 Å². The second-order valence-corrected chi connectivity index (χ2v) is 4.61. The topological polar surface area (TPSA) is 20.3 Å². The number of thioether (sulfide) groups is 1. The number of hydrogen-bond donors (Lipinski definition) is 0. The quantitative estimate of drug-likeness (QED) is 0.761. The molecule has 1 aliphatic rings. The van der Waals surface area contributed by atoms with Crippen molar-refractivity contribution in [1.29, 1.82) is 0 Å². The number of rotatable bonds is 3. The van der Waals surface area contributed by atoms with Gasteiger partial charge in [-0.3, -0.25) is 4.79 Å². The van der Waals surface area contributed by atoms with Crippen molar-refractivity contribution in [1.82, 2.24) is 4.90 Å².